The highest BCUT2D eigenvalue weighted by atomic mass is 16.5. The van der Waals surface area contributed by atoms with E-state index < -0.39 is 0 Å². The van der Waals surface area contributed by atoms with Gasteiger partial charge in [0.1, 0.15) is 0 Å². The molecule has 0 amide bonds. The van der Waals surface area contributed by atoms with Crippen LogP contribution in [0.15, 0.2) is 24.3 Å². The molecule has 0 unspecified atom stereocenters. The van der Waals surface area contributed by atoms with E-state index in [1.165, 1.54) is 11.1 Å². The molecule has 0 aliphatic rings. The largest absolute Gasteiger partial charge is 0.375 e. The summed E-state index contributed by atoms with van der Waals surface area (Å²) in [4.78, 5) is 0. The van der Waals surface area contributed by atoms with Gasteiger partial charge in [0.2, 0.25) is 0 Å². The van der Waals surface area contributed by atoms with Gasteiger partial charge in [0.15, 0.2) is 0 Å². The van der Waals surface area contributed by atoms with Crippen LogP contribution in [-0.2, 0) is 4.74 Å². The molecule has 17 heavy (non-hydrogen) atoms. The van der Waals surface area contributed by atoms with Gasteiger partial charge in [-0.15, -0.1) is 0 Å². The van der Waals surface area contributed by atoms with Crippen molar-refractivity contribution in [3.05, 3.63) is 35.4 Å². The van der Waals surface area contributed by atoms with Crippen LogP contribution in [0, 0.1) is 6.92 Å². The first-order chi connectivity index (χ1) is 7.88. The van der Waals surface area contributed by atoms with E-state index in [1.54, 1.807) is 0 Å². The van der Waals surface area contributed by atoms with Gasteiger partial charge in [-0.25, -0.2) is 0 Å². The molecule has 0 radical (unpaired) electrons. The van der Waals surface area contributed by atoms with Crippen molar-refractivity contribution >= 4 is 0 Å². The predicted molar refractivity (Wildman–Crippen MR) is 73.3 cm³/mol. The molecule has 0 saturated carbocycles. The van der Waals surface area contributed by atoms with Gasteiger partial charge in [-0.2, -0.15) is 0 Å². The molecule has 0 spiro atoms. The summed E-state index contributed by atoms with van der Waals surface area (Å²) < 4.78 is 5.67. The van der Waals surface area contributed by atoms with Crippen LogP contribution in [0.25, 0.3) is 0 Å². The van der Waals surface area contributed by atoms with Crippen LogP contribution in [0.1, 0.15) is 44.9 Å². The molecule has 0 heterocycles. The molecule has 2 heteroatoms. The molecule has 0 bridgehead atoms. The summed E-state index contributed by atoms with van der Waals surface area (Å²) >= 11 is 0. The number of ether oxygens (including phenoxy) is 1. The number of nitrogens with one attached hydrogen (secondary N) is 1. The fourth-order valence-corrected chi connectivity index (χ4v) is 1.61. The number of hydrogen-bond donors (Lipinski definition) is 1. The summed E-state index contributed by atoms with van der Waals surface area (Å²) in [6, 6.07) is 9.03. The van der Waals surface area contributed by atoms with Gasteiger partial charge in [0.05, 0.1) is 12.2 Å². The van der Waals surface area contributed by atoms with Gasteiger partial charge in [-0.05, 0) is 40.2 Å². The molecule has 1 rings (SSSR count). The van der Waals surface area contributed by atoms with Crippen molar-refractivity contribution in [3.8, 4) is 0 Å². The van der Waals surface area contributed by atoms with Gasteiger partial charge in [-0.1, -0.05) is 29.8 Å². The normalized spacial score (nSPS) is 13.7. The van der Waals surface area contributed by atoms with Crippen molar-refractivity contribution in [1.29, 1.82) is 0 Å². The van der Waals surface area contributed by atoms with Crippen LogP contribution < -0.4 is 5.32 Å². The minimum atomic E-state index is -0.0468. The summed E-state index contributed by atoms with van der Waals surface area (Å²) in [5.74, 6) is 0. The van der Waals surface area contributed by atoms with Gasteiger partial charge in [-0.3, -0.25) is 0 Å². The van der Waals surface area contributed by atoms with Crippen molar-refractivity contribution in [2.45, 2.75) is 46.3 Å². The van der Waals surface area contributed by atoms with Gasteiger partial charge in [0.25, 0.3) is 0 Å². The maximum absolute atomic E-state index is 5.67. The Labute approximate surface area is 105 Å². The monoisotopic (exact) mass is 235 g/mol. The summed E-state index contributed by atoms with van der Waals surface area (Å²) in [5, 5.41) is 3.47. The number of rotatable bonds is 5. The first-order valence-corrected chi connectivity index (χ1v) is 6.32. The topological polar surface area (TPSA) is 21.3 Å². The smallest absolute Gasteiger partial charge is 0.0599 e. The SMILES string of the molecule is Cc1ccc([C@@H](C)NCCOC(C)(C)C)cc1. The Morgan fingerprint density at radius 1 is 1.18 bits per heavy atom. The molecule has 0 fully saturated rings. The average Bonchev–Trinajstić information content (AvgIpc) is 2.24. The quantitative estimate of drug-likeness (QED) is 0.789. The second-order valence-corrected chi connectivity index (χ2v) is 5.55. The molecule has 0 aliphatic heterocycles. The second kappa shape index (κ2) is 6.18. The Hall–Kier alpha value is -0.860. The third-order valence-electron chi connectivity index (χ3n) is 2.67. The number of aryl methyl sites for hydroxylation is 1. The molecule has 0 aromatic heterocycles. The van der Waals surface area contributed by atoms with E-state index in [0.717, 1.165) is 13.2 Å². The van der Waals surface area contributed by atoms with Crippen molar-refractivity contribution in [2.24, 2.45) is 0 Å². The van der Waals surface area contributed by atoms with Crippen molar-refractivity contribution < 1.29 is 4.74 Å². The summed E-state index contributed by atoms with van der Waals surface area (Å²) in [7, 11) is 0. The third kappa shape index (κ3) is 5.85. The van der Waals surface area contributed by atoms with Gasteiger partial charge >= 0.3 is 0 Å². The van der Waals surface area contributed by atoms with E-state index in [1.807, 2.05) is 0 Å². The van der Waals surface area contributed by atoms with Crippen LogP contribution >= 0.6 is 0 Å². The van der Waals surface area contributed by atoms with E-state index in [9.17, 15) is 0 Å². The van der Waals surface area contributed by atoms with Crippen LogP contribution in [0.2, 0.25) is 0 Å². The minimum absolute atomic E-state index is 0.0468. The van der Waals surface area contributed by atoms with E-state index in [0.29, 0.717) is 6.04 Å². The molecule has 1 aromatic rings. The number of hydrogen-bond acceptors (Lipinski definition) is 2. The zero-order valence-corrected chi connectivity index (χ0v) is 11.7. The lowest BCUT2D eigenvalue weighted by molar-refractivity contribution is -0.00149. The molecule has 1 N–H and O–H groups in total. The minimum Gasteiger partial charge on any atom is -0.375 e. The fourth-order valence-electron chi connectivity index (χ4n) is 1.61. The maximum atomic E-state index is 5.67. The zero-order chi connectivity index (χ0) is 12.9. The molecule has 0 aliphatic carbocycles. The van der Waals surface area contributed by atoms with Crippen LogP contribution in [-0.4, -0.2) is 18.8 Å². The Kier molecular flexibility index (Phi) is 5.16. The van der Waals surface area contributed by atoms with Gasteiger partial charge in [0, 0.05) is 12.6 Å². The lowest BCUT2D eigenvalue weighted by Crippen LogP contribution is -2.28. The molecule has 1 atom stereocenters. The fraction of sp³-hybridized carbons (Fsp3) is 0.600. The Bertz CT molecular complexity index is 324. The van der Waals surface area contributed by atoms with Crippen LogP contribution in [0.5, 0.6) is 0 Å². The molecule has 96 valence electrons. The highest BCUT2D eigenvalue weighted by molar-refractivity contribution is 5.23. The molecule has 0 saturated heterocycles. The van der Waals surface area contributed by atoms with E-state index in [2.05, 4.69) is 64.2 Å². The van der Waals surface area contributed by atoms with Crippen molar-refractivity contribution in [1.82, 2.24) is 5.32 Å². The zero-order valence-electron chi connectivity index (χ0n) is 11.7. The van der Waals surface area contributed by atoms with E-state index in [-0.39, 0.29) is 5.60 Å². The Morgan fingerprint density at radius 3 is 2.29 bits per heavy atom. The van der Waals surface area contributed by atoms with Gasteiger partial charge < -0.3 is 10.1 Å². The summed E-state index contributed by atoms with van der Waals surface area (Å²) in [6.07, 6.45) is 0. The molecular weight excluding hydrogens is 210 g/mol. The van der Waals surface area contributed by atoms with Crippen molar-refractivity contribution in [3.63, 3.8) is 0 Å². The summed E-state index contributed by atoms with van der Waals surface area (Å²) in [5.41, 5.74) is 2.58. The third-order valence-corrected chi connectivity index (χ3v) is 2.67. The summed E-state index contributed by atoms with van der Waals surface area (Å²) in [6.45, 7) is 12.2. The lowest BCUT2D eigenvalue weighted by Gasteiger charge is -2.21. The first kappa shape index (κ1) is 14.2. The predicted octanol–water partition coefficient (Wildman–Crippen LogP) is 3.46. The van der Waals surface area contributed by atoms with E-state index >= 15 is 0 Å². The van der Waals surface area contributed by atoms with E-state index in [4.69, 9.17) is 4.74 Å². The average molecular weight is 235 g/mol. The number of benzene rings is 1. The molecule has 1 aromatic carbocycles. The lowest BCUT2D eigenvalue weighted by atomic mass is 10.1. The Morgan fingerprint density at radius 2 is 1.76 bits per heavy atom. The Balaban J connectivity index is 2.30. The molecular formula is C15H25NO. The maximum Gasteiger partial charge on any atom is 0.0599 e. The van der Waals surface area contributed by atoms with Crippen LogP contribution in [0.4, 0.5) is 0 Å². The standard InChI is InChI=1S/C15H25NO/c1-12-6-8-14(9-7-12)13(2)16-10-11-17-15(3,4)5/h6-9,13,16H,10-11H2,1-5H3/t13-/m1/s1. The van der Waals surface area contributed by atoms with Crippen molar-refractivity contribution in [2.75, 3.05) is 13.2 Å². The van der Waals surface area contributed by atoms with Crippen LogP contribution in [0.3, 0.4) is 0 Å². The second-order valence-electron chi connectivity index (χ2n) is 5.55. The highest BCUT2D eigenvalue weighted by Crippen LogP contribution is 2.12. The molecule has 2 nitrogen and oxygen atoms in total. The highest BCUT2D eigenvalue weighted by Gasteiger charge is 2.09. The first-order valence-electron chi connectivity index (χ1n) is 6.32.